The van der Waals surface area contributed by atoms with Gasteiger partial charge in [-0.15, -0.1) is 0 Å². The Balaban J connectivity index is 2.04. The maximum absolute atomic E-state index is 11.9. The van der Waals surface area contributed by atoms with Crippen LogP contribution in [0.1, 0.15) is 0 Å². The Bertz CT molecular complexity index is 530. The van der Waals surface area contributed by atoms with Gasteiger partial charge in [0.15, 0.2) is 0 Å². The van der Waals surface area contributed by atoms with E-state index in [1.165, 1.54) is 0 Å². The summed E-state index contributed by atoms with van der Waals surface area (Å²) in [7, 11) is 0. The predicted molar refractivity (Wildman–Crippen MR) is 66.7 cm³/mol. The van der Waals surface area contributed by atoms with Gasteiger partial charge < -0.3 is 15.0 Å². The molecular formula is C12H14F2N4O. The molecule has 0 amide bonds. The Morgan fingerprint density at radius 2 is 2.26 bits per heavy atom. The lowest BCUT2D eigenvalue weighted by Gasteiger charge is -2.09. The Morgan fingerprint density at radius 1 is 1.42 bits per heavy atom. The molecule has 2 aromatic rings. The highest BCUT2D eigenvalue weighted by Gasteiger charge is 2.09. The summed E-state index contributed by atoms with van der Waals surface area (Å²) in [5, 5.41) is 0. The van der Waals surface area contributed by atoms with Crippen LogP contribution in [0.3, 0.4) is 0 Å². The van der Waals surface area contributed by atoms with E-state index in [0.717, 1.165) is 11.3 Å². The minimum absolute atomic E-state index is 0.188. The summed E-state index contributed by atoms with van der Waals surface area (Å²) in [6.45, 7) is 0.0588. The minimum atomic E-state index is -2.45. The first-order valence-corrected chi connectivity index (χ1v) is 5.75. The summed E-state index contributed by atoms with van der Waals surface area (Å²) in [6.07, 6.45) is 2.41. The second-order valence-corrected chi connectivity index (χ2v) is 3.87. The van der Waals surface area contributed by atoms with Gasteiger partial charge in [0.05, 0.1) is 24.8 Å². The molecule has 2 heterocycles. The number of halogens is 2. The molecular weight excluding hydrogens is 254 g/mol. The van der Waals surface area contributed by atoms with E-state index in [1.807, 2.05) is 6.07 Å². The number of nitrogens with zero attached hydrogens (tertiary/aromatic N) is 3. The predicted octanol–water partition coefficient (Wildman–Crippen LogP) is 1.81. The van der Waals surface area contributed by atoms with Crippen LogP contribution in [0, 0.1) is 0 Å². The highest BCUT2D eigenvalue weighted by molar-refractivity contribution is 5.70. The molecule has 2 rings (SSSR count). The average Bonchev–Trinajstić information content (AvgIpc) is 2.83. The molecule has 0 radical (unpaired) electrons. The average molecular weight is 268 g/mol. The van der Waals surface area contributed by atoms with E-state index < -0.39 is 13.0 Å². The number of alkyl halides is 2. The van der Waals surface area contributed by atoms with Crippen LogP contribution in [-0.4, -0.2) is 34.2 Å². The molecule has 0 bridgehead atoms. The fourth-order valence-corrected chi connectivity index (χ4v) is 1.69. The molecule has 19 heavy (non-hydrogen) atoms. The monoisotopic (exact) mass is 268 g/mol. The quantitative estimate of drug-likeness (QED) is 0.811. The molecule has 0 saturated carbocycles. The molecule has 0 aliphatic heterocycles. The fraction of sp³-hybridized carbons (Fsp3) is 0.333. The van der Waals surface area contributed by atoms with Gasteiger partial charge in [-0.3, -0.25) is 0 Å². The standard InChI is InChI=1S/C12H14F2N4O/c13-11(14)7-19-5-4-18-8-16-6-10(18)9-2-1-3-17-12(9)15/h1-3,6,8,11H,4-5,7H2,(H2,15,17). The van der Waals surface area contributed by atoms with E-state index in [9.17, 15) is 8.78 Å². The fourth-order valence-electron chi connectivity index (χ4n) is 1.69. The van der Waals surface area contributed by atoms with Crippen LogP contribution in [0.2, 0.25) is 0 Å². The molecule has 0 atom stereocenters. The number of rotatable bonds is 6. The third-order valence-electron chi connectivity index (χ3n) is 2.55. The van der Waals surface area contributed by atoms with Crippen LogP contribution in [0.15, 0.2) is 30.9 Å². The van der Waals surface area contributed by atoms with Crippen LogP contribution in [0.4, 0.5) is 14.6 Å². The van der Waals surface area contributed by atoms with Crippen molar-refractivity contribution in [2.45, 2.75) is 13.0 Å². The molecule has 0 aliphatic rings. The summed E-state index contributed by atoms with van der Waals surface area (Å²) in [5.41, 5.74) is 7.33. The summed E-state index contributed by atoms with van der Waals surface area (Å²) in [5.74, 6) is 0.401. The molecule has 0 fully saturated rings. The van der Waals surface area contributed by atoms with E-state index in [-0.39, 0.29) is 6.61 Å². The number of aromatic nitrogens is 3. The van der Waals surface area contributed by atoms with Crippen molar-refractivity contribution in [3.05, 3.63) is 30.9 Å². The smallest absolute Gasteiger partial charge is 0.261 e. The number of anilines is 1. The van der Waals surface area contributed by atoms with Crippen molar-refractivity contribution >= 4 is 5.82 Å². The van der Waals surface area contributed by atoms with Crippen molar-refractivity contribution in [2.24, 2.45) is 0 Å². The molecule has 7 heteroatoms. The van der Waals surface area contributed by atoms with Gasteiger partial charge in [0, 0.05) is 18.3 Å². The number of nitrogens with two attached hydrogens (primary N) is 1. The molecule has 5 nitrogen and oxygen atoms in total. The lowest BCUT2D eigenvalue weighted by atomic mass is 10.2. The lowest BCUT2D eigenvalue weighted by Crippen LogP contribution is -2.11. The Hall–Kier alpha value is -2.02. The largest absolute Gasteiger partial charge is 0.383 e. The van der Waals surface area contributed by atoms with Crippen LogP contribution in [-0.2, 0) is 11.3 Å². The van der Waals surface area contributed by atoms with Crippen molar-refractivity contribution in [1.29, 1.82) is 0 Å². The zero-order valence-corrected chi connectivity index (χ0v) is 10.2. The van der Waals surface area contributed by atoms with Gasteiger partial charge in [-0.05, 0) is 12.1 Å². The summed E-state index contributed by atoms with van der Waals surface area (Å²) >= 11 is 0. The Kier molecular flexibility index (Phi) is 4.40. The van der Waals surface area contributed by atoms with Gasteiger partial charge in [0.2, 0.25) is 0 Å². The maximum atomic E-state index is 11.9. The summed E-state index contributed by atoms with van der Waals surface area (Å²) in [6, 6.07) is 3.60. The summed E-state index contributed by atoms with van der Waals surface area (Å²) < 4.78 is 30.5. The molecule has 0 saturated heterocycles. The molecule has 0 aromatic carbocycles. The SMILES string of the molecule is Nc1ncccc1-c1cncn1CCOCC(F)F. The number of hydrogen-bond acceptors (Lipinski definition) is 4. The lowest BCUT2D eigenvalue weighted by molar-refractivity contribution is 0.0148. The molecule has 0 unspecified atom stereocenters. The van der Waals surface area contributed by atoms with Crippen molar-refractivity contribution in [2.75, 3.05) is 18.9 Å². The third kappa shape index (κ3) is 3.47. The van der Waals surface area contributed by atoms with Gasteiger partial charge in [0.25, 0.3) is 6.43 Å². The van der Waals surface area contributed by atoms with Crippen LogP contribution < -0.4 is 5.73 Å². The van der Waals surface area contributed by atoms with Crippen molar-refractivity contribution in [1.82, 2.24) is 14.5 Å². The van der Waals surface area contributed by atoms with E-state index >= 15 is 0 Å². The van der Waals surface area contributed by atoms with Gasteiger partial charge in [-0.1, -0.05) is 0 Å². The van der Waals surface area contributed by atoms with Crippen LogP contribution in [0.5, 0.6) is 0 Å². The topological polar surface area (TPSA) is 66.0 Å². The number of pyridine rings is 1. The highest BCUT2D eigenvalue weighted by Crippen LogP contribution is 2.23. The van der Waals surface area contributed by atoms with Gasteiger partial charge in [0.1, 0.15) is 12.4 Å². The Labute approximate surface area is 109 Å². The Morgan fingerprint density at radius 3 is 3.00 bits per heavy atom. The minimum Gasteiger partial charge on any atom is -0.383 e. The summed E-state index contributed by atoms with van der Waals surface area (Å²) in [4.78, 5) is 8.03. The van der Waals surface area contributed by atoms with E-state index in [0.29, 0.717) is 12.4 Å². The first-order valence-electron chi connectivity index (χ1n) is 5.75. The van der Waals surface area contributed by atoms with Crippen LogP contribution >= 0.6 is 0 Å². The van der Waals surface area contributed by atoms with Crippen molar-refractivity contribution in [3.63, 3.8) is 0 Å². The van der Waals surface area contributed by atoms with E-state index in [1.54, 1.807) is 29.4 Å². The number of ether oxygens (including phenoxy) is 1. The molecule has 2 aromatic heterocycles. The van der Waals surface area contributed by atoms with Crippen LogP contribution in [0.25, 0.3) is 11.3 Å². The molecule has 102 valence electrons. The second kappa shape index (κ2) is 6.24. The van der Waals surface area contributed by atoms with Gasteiger partial charge >= 0.3 is 0 Å². The first-order chi connectivity index (χ1) is 9.18. The van der Waals surface area contributed by atoms with E-state index in [2.05, 4.69) is 9.97 Å². The number of hydrogen-bond donors (Lipinski definition) is 1. The zero-order valence-electron chi connectivity index (χ0n) is 10.2. The van der Waals surface area contributed by atoms with Gasteiger partial charge in [-0.25, -0.2) is 18.7 Å². The maximum Gasteiger partial charge on any atom is 0.261 e. The number of imidazole rings is 1. The molecule has 2 N–H and O–H groups in total. The van der Waals surface area contributed by atoms with Crippen molar-refractivity contribution < 1.29 is 13.5 Å². The zero-order chi connectivity index (χ0) is 13.7. The number of nitrogen functional groups attached to an aromatic ring is 1. The molecule has 0 aliphatic carbocycles. The highest BCUT2D eigenvalue weighted by atomic mass is 19.3. The normalized spacial score (nSPS) is 11.1. The second-order valence-electron chi connectivity index (χ2n) is 3.87. The first kappa shape index (κ1) is 13.4. The van der Waals surface area contributed by atoms with Crippen molar-refractivity contribution in [3.8, 4) is 11.3 Å². The third-order valence-corrected chi connectivity index (χ3v) is 2.55. The molecule has 0 spiro atoms. The van der Waals surface area contributed by atoms with E-state index in [4.69, 9.17) is 10.5 Å². The van der Waals surface area contributed by atoms with Gasteiger partial charge in [-0.2, -0.15) is 0 Å².